The van der Waals surface area contributed by atoms with Crippen molar-refractivity contribution in [1.82, 2.24) is 25.0 Å². The second kappa shape index (κ2) is 8.69. The number of alkyl halides is 3. The molecule has 0 radical (unpaired) electrons. The van der Waals surface area contributed by atoms with E-state index in [1.807, 2.05) is 6.07 Å². The number of pyridine rings is 2. The zero-order valence-electron chi connectivity index (χ0n) is 17.3. The van der Waals surface area contributed by atoms with Crippen molar-refractivity contribution >= 4 is 17.5 Å². The quantitative estimate of drug-likeness (QED) is 0.458. The van der Waals surface area contributed by atoms with E-state index in [4.69, 9.17) is 5.73 Å². The van der Waals surface area contributed by atoms with Gasteiger partial charge in [-0.15, -0.1) is 5.10 Å². The molecule has 11 heteroatoms. The monoisotopic (exact) mass is 453 g/mol. The number of hydrogen-bond acceptors (Lipinski definition) is 6. The first kappa shape index (κ1) is 21.9. The number of primary amides is 1. The summed E-state index contributed by atoms with van der Waals surface area (Å²) in [5.41, 5.74) is 6.96. The Bertz CT molecular complexity index is 1290. The lowest BCUT2D eigenvalue weighted by atomic mass is 10.1. The molecular formula is C22H18F3N7O. The molecule has 3 aromatic heterocycles. The minimum atomic E-state index is -4.49. The molecule has 0 aliphatic carbocycles. The number of aryl methyl sites for hydroxylation is 1. The molecule has 1 atom stereocenters. The number of anilines is 2. The van der Waals surface area contributed by atoms with Gasteiger partial charge < -0.3 is 11.1 Å². The summed E-state index contributed by atoms with van der Waals surface area (Å²) < 4.78 is 40.3. The molecule has 4 aromatic rings. The van der Waals surface area contributed by atoms with Crippen molar-refractivity contribution in [3.63, 3.8) is 0 Å². The summed E-state index contributed by atoms with van der Waals surface area (Å²) in [7, 11) is 0. The van der Waals surface area contributed by atoms with E-state index in [0.717, 1.165) is 23.9 Å². The second-order valence-electron chi connectivity index (χ2n) is 7.27. The molecule has 0 spiro atoms. The highest BCUT2D eigenvalue weighted by atomic mass is 19.4. The van der Waals surface area contributed by atoms with Gasteiger partial charge in [-0.3, -0.25) is 4.79 Å². The van der Waals surface area contributed by atoms with Crippen molar-refractivity contribution in [3.05, 3.63) is 83.7 Å². The van der Waals surface area contributed by atoms with E-state index in [0.29, 0.717) is 17.0 Å². The number of aromatic nitrogens is 5. The highest BCUT2D eigenvalue weighted by Gasteiger charge is 2.30. The van der Waals surface area contributed by atoms with Gasteiger partial charge in [0.2, 0.25) is 5.91 Å². The number of nitrogens with one attached hydrogen (secondary N) is 1. The molecule has 0 aliphatic rings. The predicted octanol–water partition coefficient (Wildman–Crippen LogP) is 3.88. The van der Waals surface area contributed by atoms with Crippen molar-refractivity contribution in [3.8, 4) is 11.4 Å². The number of rotatable bonds is 6. The maximum Gasteiger partial charge on any atom is 0.416 e. The fourth-order valence-electron chi connectivity index (χ4n) is 3.27. The van der Waals surface area contributed by atoms with Crippen LogP contribution in [0, 0.1) is 6.92 Å². The van der Waals surface area contributed by atoms with Gasteiger partial charge >= 0.3 is 6.18 Å². The Morgan fingerprint density at radius 2 is 1.82 bits per heavy atom. The number of nitrogens with two attached hydrogens (primary N) is 1. The topological polar surface area (TPSA) is 112 Å². The Morgan fingerprint density at radius 1 is 1.06 bits per heavy atom. The van der Waals surface area contributed by atoms with E-state index in [1.165, 1.54) is 10.9 Å². The summed E-state index contributed by atoms with van der Waals surface area (Å²) >= 11 is 0. The van der Waals surface area contributed by atoms with Crippen LogP contribution in [0.4, 0.5) is 24.8 Å². The summed E-state index contributed by atoms with van der Waals surface area (Å²) in [4.78, 5) is 20.4. The van der Waals surface area contributed by atoms with Crippen molar-refractivity contribution in [2.45, 2.75) is 19.1 Å². The molecule has 0 fully saturated rings. The zero-order valence-corrected chi connectivity index (χ0v) is 17.3. The lowest BCUT2D eigenvalue weighted by Gasteiger charge is -2.13. The molecule has 0 bridgehead atoms. The van der Waals surface area contributed by atoms with Gasteiger partial charge in [0.25, 0.3) is 0 Å². The SMILES string of the molecule is Cc1cc(Nc2cc(C(F)(F)F)ccn2)nc(-c2cn(C(C(N)=O)c3ccccc3)nn2)c1. The number of amides is 1. The Kier molecular flexibility index (Phi) is 5.78. The van der Waals surface area contributed by atoms with Crippen LogP contribution in [0.25, 0.3) is 11.4 Å². The highest BCUT2D eigenvalue weighted by Crippen LogP contribution is 2.31. The summed E-state index contributed by atoms with van der Waals surface area (Å²) in [6.07, 6.45) is -1.88. The average molecular weight is 453 g/mol. The Hall–Kier alpha value is -4.28. The minimum absolute atomic E-state index is 0.00426. The molecular weight excluding hydrogens is 435 g/mol. The maximum atomic E-state index is 13.0. The van der Waals surface area contributed by atoms with Crippen molar-refractivity contribution in [2.75, 3.05) is 5.32 Å². The van der Waals surface area contributed by atoms with Gasteiger partial charge in [0.1, 0.15) is 17.3 Å². The Morgan fingerprint density at radius 3 is 2.52 bits per heavy atom. The van der Waals surface area contributed by atoms with Gasteiger partial charge in [-0.1, -0.05) is 35.5 Å². The van der Waals surface area contributed by atoms with E-state index < -0.39 is 23.7 Å². The molecule has 1 aromatic carbocycles. The highest BCUT2D eigenvalue weighted by molar-refractivity contribution is 5.81. The van der Waals surface area contributed by atoms with Crippen LogP contribution in [-0.2, 0) is 11.0 Å². The number of benzene rings is 1. The van der Waals surface area contributed by atoms with Gasteiger partial charge in [-0.05, 0) is 42.3 Å². The van der Waals surface area contributed by atoms with Crippen LogP contribution < -0.4 is 11.1 Å². The standard InChI is InChI=1S/C22H18F3N7O/c1-13-9-16(28-19(10-13)29-18-11-15(7-8-27-18)22(23,24)25)17-12-32(31-30-17)20(21(26)33)14-5-3-2-4-6-14/h2-12,20H,1H3,(H2,26,33)(H,27,28,29). The third kappa shape index (κ3) is 4.97. The van der Waals surface area contributed by atoms with Crippen LogP contribution in [0.5, 0.6) is 0 Å². The smallest absolute Gasteiger partial charge is 0.368 e. The van der Waals surface area contributed by atoms with E-state index in [1.54, 1.807) is 43.3 Å². The van der Waals surface area contributed by atoms with Crippen LogP contribution in [0.1, 0.15) is 22.7 Å². The third-order valence-electron chi connectivity index (χ3n) is 4.74. The van der Waals surface area contributed by atoms with Crippen molar-refractivity contribution < 1.29 is 18.0 Å². The number of hydrogen-bond donors (Lipinski definition) is 2. The first-order chi connectivity index (χ1) is 15.7. The molecule has 0 saturated heterocycles. The molecule has 168 valence electrons. The van der Waals surface area contributed by atoms with Crippen molar-refractivity contribution in [1.29, 1.82) is 0 Å². The second-order valence-corrected chi connectivity index (χ2v) is 7.27. The molecule has 3 heterocycles. The molecule has 1 unspecified atom stereocenters. The third-order valence-corrected chi connectivity index (χ3v) is 4.74. The van der Waals surface area contributed by atoms with Gasteiger partial charge in [0, 0.05) is 6.20 Å². The largest absolute Gasteiger partial charge is 0.416 e. The van der Waals surface area contributed by atoms with Crippen LogP contribution in [0.15, 0.2) is 67.0 Å². The summed E-state index contributed by atoms with van der Waals surface area (Å²) in [6.45, 7) is 1.80. The van der Waals surface area contributed by atoms with E-state index in [2.05, 4.69) is 25.6 Å². The van der Waals surface area contributed by atoms with Gasteiger partial charge in [-0.25, -0.2) is 14.6 Å². The van der Waals surface area contributed by atoms with Crippen LogP contribution >= 0.6 is 0 Å². The molecule has 4 rings (SSSR count). The Balaban J connectivity index is 1.64. The first-order valence-electron chi connectivity index (χ1n) is 9.76. The molecule has 3 N–H and O–H groups in total. The Labute approximate surface area is 186 Å². The summed E-state index contributed by atoms with van der Waals surface area (Å²) in [5.74, 6) is -0.330. The van der Waals surface area contributed by atoms with Crippen LogP contribution in [0.3, 0.4) is 0 Å². The zero-order chi connectivity index (χ0) is 23.6. The maximum absolute atomic E-state index is 13.0. The van der Waals surface area contributed by atoms with Gasteiger partial charge in [0.05, 0.1) is 17.5 Å². The lowest BCUT2D eigenvalue weighted by molar-refractivity contribution is -0.137. The van der Waals surface area contributed by atoms with E-state index in [9.17, 15) is 18.0 Å². The molecule has 0 aliphatic heterocycles. The molecule has 33 heavy (non-hydrogen) atoms. The summed E-state index contributed by atoms with van der Waals surface area (Å²) in [6, 6.07) is 13.2. The number of halogens is 3. The molecule has 0 saturated carbocycles. The summed E-state index contributed by atoms with van der Waals surface area (Å²) in [5, 5.41) is 10.9. The normalized spacial score (nSPS) is 12.4. The minimum Gasteiger partial charge on any atom is -0.368 e. The first-order valence-corrected chi connectivity index (χ1v) is 9.76. The molecule has 8 nitrogen and oxygen atoms in total. The van der Waals surface area contributed by atoms with E-state index >= 15 is 0 Å². The van der Waals surface area contributed by atoms with Gasteiger partial charge in [0.15, 0.2) is 6.04 Å². The van der Waals surface area contributed by atoms with Crippen molar-refractivity contribution in [2.24, 2.45) is 5.73 Å². The number of nitrogens with zero attached hydrogens (tertiary/aromatic N) is 5. The van der Waals surface area contributed by atoms with Crippen LogP contribution in [-0.4, -0.2) is 30.9 Å². The average Bonchev–Trinajstić information content (AvgIpc) is 3.23. The fourth-order valence-corrected chi connectivity index (χ4v) is 3.27. The van der Waals surface area contributed by atoms with Crippen LogP contribution in [0.2, 0.25) is 0 Å². The fraction of sp³-hybridized carbons (Fsp3) is 0.136. The lowest BCUT2D eigenvalue weighted by Crippen LogP contribution is -2.27. The van der Waals surface area contributed by atoms with E-state index in [-0.39, 0.29) is 11.6 Å². The van der Waals surface area contributed by atoms with Gasteiger partial charge in [-0.2, -0.15) is 13.2 Å². The number of carbonyl (C=O) groups is 1. The molecule has 1 amide bonds. The number of carbonyl (C=O) groups excluding carboxylic acids is 1. The predicted molar refractivity (Wildman–Crippen MR) is 114 cm³/mol.